The first-order chi connectivity index (χ1) is 9.55. The van der Waals surface area contributed by atoms with Crippen LogP contribution in [0.15, 0.2) is 24.3 Å². The Bertz CT molecular complexity index is 496. The molecule has 0 bridgehead atoms. The SMILES string of the molecule is CCNC(=O)c1ccc(NC(=O)C2(C)CCNC2)cc1.Cl. The van der Waals surface area contributed by atoms with Crippen molar-refractivity contribution in [3.63, 3.8) is 0 Å². The molecule has 1 saturated heterocycles. The third kappa shape index (κ3) is 4.19. The molecule has 1 aromatic rings. The van der Waals surface area contributed by atoms with Crippen LogP contribution in [0.2, 0.25) is 0 Å². The van der Waals surface area contributed by atoms with E-state index in [1.54, 1.807) is 24.3 Å². The zero-order chi connectivity index (χ0) is 14.6. The first-order valence-corrected chi connectivity index (χ1v) is 6.95. The average molecular weight is 312 g/mol. The van der Waals surface area contributed by atoms with Crippen molar-refractivity contribution in [1.29, 1.82) is 0 Å². The fourth-order valence-electron chi connectivity index (χ4n) is 2.26. The molecule has 2 rings (SSSR count). The Labute approximate surface area is 131 Å². The molecule has 1 fully saturated rings. The molecule has 0 spiro atoms. The molecule has 0 saturated carbocycles. The van der Waals surface area contributed by atoms with E-state index in [2.05, 4.69) is 16.0 Å². The van der Waals surface area contributed by atoms with Gasteiger partial charge in [0.15, 0.2) is 0 Å². The van der Waals surface area contributed by atoms with Gasteiger partial charge in [0.1, 0.15) is 0 Å². The van der Waals surface area contributed by atoms with Gasteiger partial charge in [0.05, 0.1) is 5.41 Å². The van der Waals surface area contributed by atoms with Crippen molar-refractivity contribution in [3.8, 4) is 0 Å². The van der Waals surface area contributed by atoms with Crippen LogP contribution in [-0.4, -0.2) is 31.4 Å². The second-order valence-corrected chi connectivity index (χ2v) is 5.38. The van der Waals surface area contributed by atoms with Gasteiger partial charge in [-0.25, -0.2) is 0 Å². The zero-order valence-electron chi connectivity index (χ0n) is 12.4. The lowest BCUT2D eigenvalue weighted by molar-refractivity contribution is -0.123. The molecule has 2 amide bonds. The molecule has 1 aromatic carbocycles. The second-order valence-electron chi connectivity index (χ2n) is 5.38. The Balaban J connectivity index is 0.00000220. The van der Waals surface area contributed by atoms with Gasteiger partial charge in [-0.1, -0.05) is 0 Å². The summed E-state index contributed by atoms with van der Waals surface area (Å²) < 4.78 is 0. The standard InChI is InChI=1S/C15H21N3O2.ClH/c1-3-17-13(19)11-4-6-12(7-5-11)18-14(20)15(2)8-9-16-10-15;/h4-7,16H,3,8-10H2,1-2H3,(H,17,19)(H,18,20);1H. The molecule has 1 aliphatic rings. The van der Waals surface area contributed by atoms with E-state index in [9.17, 15) is 9.59 Å². The summed E-state index contributed by atoms with van der Waals surface area (Å²) in [5, 5.41) is 8.85. The van der Waals surface area contributed by atoms with Gasteiger partial charge >= 0.3 is 0 Å². The fraction of sp³-hybridized carbons (Fsp3) is 0.467. The number of benzene rings is 1. The number of carbonyl (C=O) groups is 2. The Morgan fingerprint density at radius 1 is 1.29 bits per heavy atom. The van der Waals surface area contributed by atoms with Crippen LogP contribution in [0, 0.1) is 5.41 Å². The van der Waals surface area contributed by atoms with E-state index in [1.165, 1.54) is 0 Å². The van der Waals surface area contributed by atoms with Crippen LogP contribution < -0.4 is 16.0 Å². The van der Waals surface area contributed by atoms with Crippen molar-refractivity contribution < 1.29 is 9.59 Å². The van der Waals surface area contributed by atoms with Crippen molar-refractivity contribution in [2.45, 2.75) is 20.3 Å². The quantitative estimate of drug-likeness (QED) is 0.794. The minimum absolute atomic E-state index is 0. The van der Waals surface area contributed by atoms with Crippen LogP contribution in [0.3, 0.4) is 0 Å². The summed E-state index contributed by atoms with van der Waals surface area (Å²) in [4.78, 5) is 23.9. The van der Waals surface area contributed by atoms with Crippen LogP contribution in [-0.2, 0) is 4.79 Å². The highest BCUT2D eigenvalue weighted by Crippen LogP contribution is 2.26. The van der Waals surface area contributed by atoms with E-state index in [0.29, 0.717) is 18.7 Å². The Morgan fingerprint density at radius 2 is 1.95 bits per heavy atom. The van der Waals surface area contributed by atoms with Gasteiger partial charge in [-0.05, 0) is 51.1 Å². The van der Waals surface area contributed by atoms with E-state index in [4.69, 9.17) is 0 Å². The van der Waals surface area contributed by atoms with Crippen LogP contribution >= 0.6 is 12.4 Å². The highest BCUT2D eigenvalue weighted by molar-refractivity contribution is 5.97. The third-order valence-corrected chi connectivity index (χ3v) is 3.66. The van der Waals surface area contributed by atoms with E-state index in [0.717, 1.165) is 18.7 Å². The molecular formula is C15H22ClN3O2. The molecule has 1 atom stereocenters. The number of halogens is 1. The lowest BCUT2D eigenvalue weighted by Gasteiger charge is -2.21. The van der Waals surface area contributed by atoms with Gasteiger partial charge in [-0.3, -0.25) is 9.59 Å². The topological polar surface area (TPSA) is 70.2 Å². The summed E-state index contributed by atoms with van der Waals surface area (Å²) >= 11 is 0. The largest absolute Gasteiger partial charge is 0.352 e. The van der Waals surface area contributed by atoms with Gasteiger partial charge in [0, 0.05) is 24.3 Å². The normalized spacial score (nSPS) is 20.5. The number of hydrogen-bond donors (Lipinski definition) is 3. The summed E-state index contributed by atoms with van der Waals surface area (Å²) in [6, 6.07) is 6.95. The molecule has 6 heteroatoms. The van der Waals surface area contributed by atoms with Crippen molar-refractivity contribution in [3.05, 3.63) is 29.8 Å². The number of nitrogens with one attached hydrogen (secondary N) is 3. The molecule has 21 heavy (non-hydrogen) atoms. The first kappa shape index (κ1) is 17.5. The van der Waals surface area contributed by atoms with Crippen LogP contribution in [0.4, 0.5) is 5.69 Å². The second kappa shape index (κ2) is 7.43. The maximum atomic E-state index is 12.2. The summed E-state index contributed by atoms with van der Waals surface area (Å²) in [6.07, 6.45) is 0.843. The molecule has 0 radical (unpaired) electrons. The van der Waals surface area contributed by atoms with Crippen molar-refractivity contribution in [2.24, 2.45) is 5.41 Å². The van der Waals surface area contributed by atoms with Crippen molar-refractivity contribution >= 4 is 29.9 Å². The summed E-state index contributed by atoms with van der Waals surface area (Å²) in [6.45, 7) is 6.02. The van der Waals surface area contributed by atoms with E-state index < -0.39 is 0 Å². The average Bonchev–Trinajstić information content (AvgIpc) is 2.88. The highest BCUT2D eigenvalue weighted by atomic mass is 35.5. The van der Waals surface area contributed by atoms with E-state index in [1.807, 2.05) is 13.8 Å². The molecule has 3 N–H and O–H groups in total. The van der Waals surface area contributed by atoms with Gasteiger partial charge in [-0.2, -0.15) is 0 Å². The summed E-state index contributed by atoms with van der Waals surface area (Å²) in [7, 11) is 0. The number of anilines is 1. The smallest absolute Gasteiger partial charge is 0.251 e. The monoisotopic (exact) mass is 311 g/mol. The highest BCUT2D eigenvalue weighted by Gasteiger charge is 2.36. The fourth-order valence-corrected chi connectivity index (χ4v) is 2.26. The maximum Gasteiger partial charge on any atom is 0.251 e. The van der Waals surface area contributed by atoms with Crippen molar-refractivity contribution in [1.82, 2.24) is 10.6 Å². The van der Waals surface area contributed by atoms with Gasteiger partial charge in [0.2, 0.25) is 5.91 Å². The Hall–Kier alpha value is -1.59. The minimum atomic E-state index is -0.349. The maximum absolute atomic E-state index is 12.2. The summed E-state index contributed by atoms with van der Waals surface area (Å²) in [5.41, 5.74) is 0.966. The van der Waals surface area contributed by atoms with E-state index in [-0.39, 0.29) is 29.6 Å². The molecule has 116 valence electrons. The van der Waals surface area contributed by atoms with Gasteiger partial charge in [-0.15, -0.1) is 12.4 Å². The van der Waals surface area contributed by atoms with Crippen LogP contribution in [0.1, 0.15) is 30.6 Å². The lowest BCUT2D eigenvalue weighted by Crippen LogP contribution is -2.35. The third-order valence-electron chi connectivity index (χ3n) is 3.66. The predicted molar refractivity (Wildman–Crippen MR) is 85.9 cm³/mol. The van der Waals surface area contributed by atoms with Gasteiger partial charge < -0.3 is 16.0 Å². The molecule has 5 nitrogen and oxygen atoms in total. The van der Waals surface area contributed by atoms with Crippen molar-refractivity contribution in [2.75, 3.05) is 25.0 Å². The molecule has 0 aromatic heterocycles. The van der Waals surface area contributed by atoms with Gasteiger partial charge in [0.25, 0.3) is 5.91 Å². The zero-order valence-corrected chi connectivity index (χ0v) is 13.2. The van der Waals surface area contributed by atoms with E-state index >= 15 is 0 Å². The molecular weight excluding hydrogens is 290 g/mol. The lowest BCUT2D eigenvalue weighted by atomic mass is 9.89. The first-order valence-electron chi connectivity index (χ1n) is 6.95. The predicted octanol–water partition coefficient (Wildman–Crippen LogP) is 1.80. The number of hydrogen-bond acceptors (Lipinski definition) is 3. The number of amides is 2. The molecule has 1 aliphatic heterocycles. The Morgan fingerprint density at radius 3 is 2.48 bits per heavy atom. The molecule has 1 unspecified atom stereocenters. The molecule has 0 aliphatic carbocycles. The number of carbonyl (C=O) groups excluding carboxylic acids is 2. The Kier molecular flexibility index (Phi) is 6.18. The minimum Gasteiger partial charge on any atom is -0.352 e. The summed E-state index contributed by atoms with van der Waals surface area (Å²) in [5.74, 6) is -0.0782. The molecule has 1 heterocycles. The van der Waals surface area contributed by atoms with Crippen LogP contribution in [0.25, 0.3) is 0 Å². The van der Waals surface area contributed by atoms with Crippen LogP contribution in [0.5, 0.6) is 0 Å². The number of rotatable bonds is 4.